The molecule has 1 saturated heterocycles. The quantitative estimate of drug-likeness (QED) is 0.860. The van der Waals surface area contributed by atoms with Gasteiger partial charge in [-0.15, -0.1) is 11.3 Å². The zero-order valence-corrected chi connectivity index (χ0v) is 13.4. The molecule has 21 heavy (non-hydrogen) atoms. The van der Waals surface area contributed by atoms with Crippen LogP contribution in [0.25, 0.3) is 0 Å². The molecular formula is C14H21N3O3S. The molecule has 0 bridgehead atoms. The van der Waals surface area contributed by atoms with Crippen LogP contribution in [0.15, 0.2) is 11.6 Å². The lowest BCUT2D eigenvalue weighted by Crippen LogP contribution is -2.39. The van der Waals surface area contributed by atoms with Gasteiger partial charge in [0, 0.05) is 30.7 Å². The molecule has 2 heterocycles. The summed E-state index contributed by atoms with van der Waals surface area (Å²) >= 11 is 1.34. The van der Waals surface area contributed by atoms with E-state index in [4.69, 9.17) is 4.74 Å². The zero-order valence-electron chi connectivity index (χ0n) is 12.6. The Morgan fingerprint density at radius 1 is 1.52 bits per heavy atom. The predicted molar refractivity (Wildman–Crippen MR) is 80.7 cm³/mol. The summed E-state index contributed by atoms with van der Waals surface area (Å²) in [6, 6.07) is 0.126. The highest BCUT2D eigenvalue weighted by molar-refractivity contribution is 7.11. The number of carbonyl (C=O) groups is 2. The van der Waals surface area contributed by atoms with Crippen LogP contribution in [0.4, 0.5) is 4.79 Å². The Hall–Kier alpha value is -1.47. The number of ketones is 1. The van der Waals surface area contributed by atoms with Gasteiger partial charge in [-0.25, -0.2) is 9.78 Å². The van der Waals surface area contributed by atoms with Crippen LogP contribution in [0.2, 0.25) is 0 Å². The molecule has 0 radical (unpaired) electrons. The van der Waals surface area contributed by atoms with Crippen LogP contribution in [0, 0.1) is 0 Å². The minimum Gasteiger partial charge on any atom is -0.444 e. The van der Waals surface area contributed by atoms with Gasteiger partial charge >= 0.3 is 6.09 Å². The van der Waals surface area contributed by atoms with E-state index in [0.717, 1.165) is 6.42 Å². The number of Topliss-reactive ketones (excluding diaryl/α,β-unsaturated/α-hetero) is 1. The molecule has 1 atom stereocenters. The molecule has 7 heteroatoms. The molecule has 1 aromatic rings. The fraction of sp³-hybridized carbons (Fsp3) is 0.643. The number of hydrogen-bond acceptors (Lipinski definition) is 6. The van der Waals surface area contributed by atoms with Crippen LogP contribution in [-0.4, -0.2) is 53.0 Å². The molecule has 6 nitrogen and oxygen atoms in total. The number of likely N-dealkylation sites (tertiary alicyclic amines) is 1. The van der Waals surface area contributed by atoms with E-state index in [1.807, 2.05) is 20.8 Å². The third-order valence-electron chi connectivity index (χ3n) is 3.06. The topological polar surface area (TPSA) is 71.5 Å². The molecular weight excluding hydrogens is 290 g/mol. The first-order chi connectivity index (χ1) is 9.85. The van der Waals surface area contributed by atoms with Crippen LogP contribution in [0.3, 0.4) is 0 Å². The van der Waals surface area contributed by atoms with Crippen LogP contribution < -0.4 is 5.32 Å². The average molecular weight is 311 g/mol. The molecule has 1 aliphatic rings. The summed E-state index contributed by atoms with van der Waals surface area (Å²) < 4.78 is 5.34. The van der Waals surface area contributed by atoms with Gasteiger partial charge in [-0.1, -0.05) is 0 Å². The summed E-state index contributed by atoms with van der Waals surface area (Å²) in [7, 11) is 0. The molecule has 0 saturated carbocycles. The Bertz CT molecular complexity index is 496. The smallest absolute Gasteiger partial charge is 0.410 e. The molecule has 1 aliphatic heterocycles. The fourth-order valence-electron chi connectivity index (χ4n) is 2.09. The van der Waals surface area contributed by atoms with Crippen LogP contribution in [-0.2, 0) is 4.74 Å². The van der Waals surface area contributed by atoms with Crippen molar-refractivity contribution in [3.8, 4) is 0 Å². The number of amides is 1. The SMILES string of the molecule is CC(C)(C)OC(=O)N1CC[C@@H](NCC(=O)c2nccs2)C1. The van der Waals surface area contributed by atoms with Crippen molar-refractivity contribution < 1.29 is 14.3 Å². The normalized spacial score (nSPS) is 18.8. The summed E-state index contributed by atoms with van der Waals surface area (Å²) in [5.41, 5.74) is -0.483. The third-order valence-corrected chi connectivity index (χ3v) is 3.88. The molecule has 116 valence electrons. The van der Waals surface area contributed by atoms with Gasteiger partial charge in [0.15, 0.2) is 5.01 Å². The number of nitrogens with zero attached hydrogens (tertiary/aromatic N) is 2. The standard InChI is InChI=1S/C14H21N3O3S/c1-14(2,3)20-13(19)17-6-4-10(9-17)16-8-11(18)12-15-5-7-21-12/h5,7,10,16H,4,6,8-9H2,1-3H3/t10-/m1/s1. The minimum atomic E-state index is -0.483. The van der Waals surface area contributed by atoms with Crippen molar-refractivity contribution in [2.45, 2.75) is 38.8 Å². The predicted octanol–water partition coefficient (Wildman–Crippen LogP) is 1.92. The van der Waals surface area contributed by atoms with Gasteiger partial charge in [0.2, 0.25) is 5.78 Å². The van der Waals surface area contributed by atoms with Gasteiger partial charge in [-0.05, 0) is 27.2 Å². The highest BCUT2D eigenvalue weighted by Crippen LogP contribution is 2.15. The number of rotatable bonds is 4. The Morgan fingerprint density at radius 2 is 2.29 bits per heavy atom. The van der Waals surface area contributed by atoms with Gasteiger partial charge in [0.25, 0.3) is 0 Å². The molecule has 1 fully saturated rings. The molecule has 1 amide bonds. The van der Waals surface area contributed by atoms with Gasteiger partial charge in [-0.2, -0.15) is 0 Å². The maximum absolute atomic E-state index is 11.9. The fourth-order valence-corrected chi connectivity index (χ4v) is 2.67. The Labute approximate surface area is 128 Å². The molecule has 1 N–H and O–H groups in total. The third kappa shape index (κ3) is 4.78. The van der Waals surface area contributed by atoms with E-state index in [0.29, 0.717) is 18.1 Å². The first-order valence-electron chi connectivity index (χ1n) is 6.99. The summed E-state index contributed by atoms with van der Waals surface area (Å²) in [6.07, 6.45) is 2.15. The first kappa shape index (κ1) is 15.9. The summed E-state index contributed by atoms with van der Waals surface area (Å²) in [4.78, 5) is 29.4. The largest absolute Gasteiger partial charge is 0.444 e. The maximum Gasteiger partial charge on any atom is 0.410 e. The van der Waals surface area contributed by atoms with Crippen molar-refractivity contribution in [1.29, 1.82) is 0 Å². The Morgan fingerprint density at radius 3 is 2.90 bits per heavy atom. The summed E-state index contributed by atoms with van der Waals surface area (Å²) in [6.45, 7) is 7.02. The van der Waals surface area contributed by atoms with Crippen LogP contribution >= 0.6 is 11.3 Å². The van der Waals surface area contributed by atoms with Gasteiger partial charge in [-0.3, -0.25) is 4.79 Å². The van der Waals surface area contributed by atoms with Gasteiger partial charge < -0.3 is 15.0 Å². The van der Waals surface area contributed by atoms with Crippen molar-refractivity contribution in [2.75, 3.05) is 19.6 Å². The molecule has 0 unspecified atom stereocenters. The van der Waals surface area contributed by atoms with Crippen molar-refractivity contribution >= 4 is 23.2 Å². The van der Waals surface area contributed by atoms with Gasteiger partial charge in [0.05, 0.1) is 6.54 Å². The van der Waals surface area contributed by atoms with Crippen LogP contribution in [0.1, 0.15) is 37.0 Å². The molecule has 0 aromatic carbocycles. The van der Waals surface area contributed by atoms with Crippen molar-refractivity contribution in [1.82, 2.24) is 15.2 Å². The number of ether oxygens (including phenoxy) is 1. The van der Waals surface area contributed by atoms with Crippen LogP contribution in [0.5, 0.6) is 0 Å². The van der Waals surface area contributed by atoms with E-state index in [1.165, 1.54) is 11.3 Å². The first-order valence-corrected chi connectivity index (χ1v) is 7.87. The maximum atomic E-state index is 11.9. The van der Waals surface area contributed by atoms with Crippen molar-refractivity contribution in [3.63, 3.8) is 0 Å². The molecule has 1 aromatic heterocycles. The summed E-state index contributed by atoms with van der Waals surface area (Å²) in [5, 5.41) is 5.49. The summed E-state index contributed by atoms with van der Waals surface area (Å²) in [5.74, 6) is -0.0132. The van der Waals surface area contributed by atoms with E-state index < -0.39 is 5.60 Å². The van der Waals surface area contributed by atoms with Crippen molar-refractivity contribution in [2.24, 2.45) is 0 Å². The number of aromatic nitrogens is 1. The van der Waals surface area contributed by atoms with E-state index in [9.17, 15) is 9.59 Å². The van der Waals surface area contributed by atoms with E-state index >= 15 is 0 Å². The highest BCUT2D eigenvalue weighted by atomic mass is 32.1. The second-order valence-electron chi connectivity index (χ2n) is 6.05. The Kier molecular flexibility index (Phi) is 4.95. The van der Waals surface area contributed by atoms with E-state index in [2.05, 4.69) is 10.3 Å². The van der Waals surface area contributed by atoms with Gasteiger partial charge in [0.1, 0.15) is 5.60 Å². The highest BCUT2D eigenvalue weighted by Gasteiger charge is 2.29. The van der Waals surface area contributed by atoms with E-state index in [-0.39, 0.29) is 24.5 Å². The minimum absolute atomic E-state index is 0.0132. The van der Waals surface area contributed by atoms with E-state index in [1.54, 1.807) is 16.5 Å². The Balaban J connectivity index is 1.75. The number of thiazole rings is 1. The lowest BCUT2D eigenvalue weighted by molar-refractivity contribution is 0.0291. The number of hydrogen-bond donors (Lipinski definition) is 1. The number of carbonyl (C=O) groups excluding carboxylic acids is 2. The number of nitrogens with one attached hydrogen (secondary N) is 1. The molecule has 2 rings (SSSR count). The second kappa shape index (κ2) is 6.53. The monoisotopic (exact) mass is 311 g/mol. The average Bonchev–Trinajstić information content (AvgIpc) is 3.05. The zero-order chi connectivity index (χ0) is 15.5. The lowest BCUT2D eigenvalue weighted by Gasteiger charge is -2.24. The molecule has 0 spiro atoms. The lowest BCUT2D eigenvalue weighted by atomic mass is 10.2. The molecule has 0 aliphatic carbocycles. The second-order valence-corrected chi connectivity index (χ2v) is 6.95. The van der Waals surface area contributed by atoms with Crippen molar-refractivity contribution in [3.05, 3.63) is 16.6 Å².